The maximum atomic E-state index is 10.8. The van der Waals surface area contributed by atoms with E-state index in [2.05, 4.69) is 11.8 Å². The molecule has 0 unspecified atom stereocenters. The van der Waals surface area contributed by atoms with Gasteiger partial charge in [-0.15, -0.1) is 0 Å². The summed E-state index contributed by atoms with van der Waals surface area (Å²) in [5.74, 6) is 0.824. The Morgan fingerprint density at radius 1 is 1.50 bits per heavy atom. The minimum atomic E-state index is -0.323. The number of nitro benzene ring substituents is 1. The van der Waals surface area contributed by atoms with Gasteiger partial charge in [-0.3, -0.25) is 10.1 Å². The summed E-state index contributed by atoms with van der Waals surface area (Å²) in [6, 6.07) is 5.42. The van der Waals surface area contributed by atoms with Crippen molar-refractivity contribution >= 4 is 34.0 Å². The highest BCUT2D eigenvalue weighted by molar-refractivity contribution is 14.1. The molecule has 1 aromatic carbocycles. The van der Waals surface area contributed by atoms with E-state index in [-0.39, 0.29) is 10.6 Å². The van der Waals surface area contributed by atoms with E-state index in [1.54, 1.807) is 6.07 Å². The van der Waals surface area contributed by atoms with Crippen LogP contribution in [0.3, 0.4) is 0 Å². The third-order valence-corrected chi connectivity index (χ3v) is 4.03. The van der Waals surface area contributed by atoms with Gasteiger partial charge in [-0.2, -0.15) is 0 Å². The molecule has 0 atom stereocenters. The molecule has 0 spiro atoms. The van der Waals surface area contributed by atoms with Gasteiger partial charge in [0.2, 0.25) is 0 Å². The molecule has 1 aliphatic rings. The minimum absolute atomic E-state index is 0.197. The first-order valence-corrected chi connectivity index (χ1v) is 7.38. The van der Waals surface area contributed by atoms with Crippen LogP contribution in [-0.2, 0) is 0 Å². The quantitative estimate of drug-likeness (QED) is 0.440. The van der Waals surface area contributed by atoms with Gasteiger partial charge in [0.05, 0.1) is 8.49 Å². The third-order valence-electron chi connectivity index (χ3n) is 3.16. The molecular formula is C13H17IN2O2. The molecule has 1 aromatic rings. The second kappa shape index (κ2) is 5.86. The van der Waals surface area contributed by atoms with Crippen molar-refractivity contribution in [3.63, 3.8) is 0 Å². The summed E-state index contributed by atoms with van der Waals surface area (Å²) in [4.78, 5) is 12.8. The fourth-order valence-corrected chi connectivity index (χ4v) is 2.74. The molecule has 2 rings (SSSR count). The molecule has 0 radical (unpaired) electrons. The molecule has 4 nitrogen and oxygen atoms in total. The standard InChI is InChI=1S/C13H17IN2O2/c1-2-7-15(9-10-3-4-10)11-5-6-13(16(17)18)12(14)8-11/h5-6,8,10H,2-4,7,9H2,1H3. The molecule has 1 fully saturated rings. The average Bonchev–Trinajstić information content (AvgIpc) is 3.11. The van der Waals surface area contributed by atoms with Crippen molar-refractivity contribution in [1.29, 1.82) is 0 Å². The fraction of sp³-hybridized carbons (Fsp3) is 0.538. The van der Waals surface area contributed by atoms with Crippen LogP contribution in [0.4, 0.5) is 11.4 Å². The maximum absolute atomic E-state index is 10.8. The Kier molecular flexibility index (Phi) is 4.42. The van der Waals surface area contributed by atoms with Crippen LogP contribution in [0.2, 0.25) is 0 Å². The molecule has 0 saturated heterocycles. The Hall–Kier alpha value is -0.850. The molecule has 0 aliphatic heterocycles. The van der Waals surface area contributed by atoms with Gasteiger partial charge in [-0.05, 0) is 59.9 Å². The number of anilines is 1. The summed E-state index contributed by atoms with van der Waals surface area (Å²) >= 11 is 2.04. The van der Waals surface area contributed by atoms with Crippen molar-refractivity contribution in [1.82, 2.24) is 0 Å². The largest absolute Gasteiger partial charge is 0.371 e. The highest BCUT2D eigenvalue weighted by Crippen LogP contribution is 2.33. The zero-order valence-corrected chi connectivity index (χ0v) is 12.6. The highest BCUT2D eigenvalue weighted by atomic mass is 127. The number of nitro groups is 1. The monoisotopic (exact) mass is 360 g/mol. The van der Waals surface area contributed by atoms with Gasteiger partial charge < -0.3 is 4.90 Å². The van der Waals surface area contributed by atoms with E-state index in [0.29, 0.717) is 3.57 Å². The number of benzene rings is 1. The first kappa shape index (κ1) is 13.6. The topological polar surface area (TPSA) is 46.4 Å². The van der Waals surface area contributed by atoms with Gasteiger partial charge in [0, 0.05) is 24.8 Å². The van der Waals surface area contributed by atoms with Gasteiger partial charge in [-0.1, -0.05) is 6.92 Å². The zero-order chi connectivity index (χ0) is 13.1. The van der Waals surface area contributed by atoms with Crippen molar-refractivity contribution in [2.45, 2.75) is 26.2 Å². The smallest absolute Gasteiger partial charge is 0.282 e. The predicted molar refractivity (Wildman–Crippen MR) is 81.0 cm³/mol. The fourth-order valence-electron chi connectivity index (χ4n) is 2.05. The molecular weight excluding hydrogens is 343 g/mol. The molecule has 0 aromatic heterocycles. The van der Waals surface area contributed by atoms with Gasteiger partial charge in [0.15, 0.2) is 0 Å². The van der Waals surface area contributed by atoms with Gasteiger partial charge in [-0.25, -0.2) is 0 Å². The second-order valence-corrected chi connectivity index (χ2v) is 5.94. The average molecular weight is 360 g/mol. The lowest BCUT2D eigenvalue weighted by molar-refractivity contribution is -0.385. The van der Waals surface area contributed by atoms with Crippen LogP contribution in [0.25, 0.3) is 0 Å². The van der Waals surface area contributed by atoms with Crippen molar-refractivity contribution in [3.05, 3.63) is 31.9 Å². The second-order valence-electron chi connectivity index (χ2n) is 4.78. The lowest BCUT2D eigenvalue weighted by Crippen LogP contribution is -2.26. The van der Waals surface area contributed by atoms with Crippen LogP contribution in [0.5, 0.6) is 0 Å². The van der Waals surface area contributed by atoms with E-state index in [4.69, 9.17) is 0 Å². The molecule has 0 bridgehead atoms. The molecule has 18 heavy (non-hydrogen) atoms. The SMILES string of the molecule is CCCN(CC1CC1)c1ccc([N+](=O)[O-])c(I)c1. The summed E-state index contributed by atoms with van der Waals surface area (Å²) in [5.41, 5.74) is 1.31. The first-order valence-electron chi connectivity index (χ1n) is 6.30. The molecule has 1 aliphatic carbocycles. The van der Waals surface area contributed by atoms with E-state index in [9.17, 15) is 10.1 Å². The van der Waals surface area contributed by atoms with E-state index in [1.165, 1.54) is 12.8 Å². The van der Waals surface area contributed by atoms with E-state index >= 15 is 0 Å². The highest BCUT2D eigenvalue weighted by Gasteiger charge is 2.24. The Bertz CT molecular complexity index is 447. The number of hydrogen-bond donors (Lipinski definition) is 0. The van der Waals surface area contributed by atoms with Crippen LogP contribution in [0.15, 0.2) is 18.2 Å². The van der Waals surface area contributed by atoms with Crippen molar-refractivity contribution in [2.24, 2.45) is 5.92 Å². The van der Waals surface area contributed by atoms with Gasteiger partial charge >= 0.3 is 0 Å². The molecule has 0 heterocycles. The van der Waals surface area contributed by atoms with Gasteiger partial charge in [0.25, 0.3) is 5.69 Å². The predicted octanol–water partition coefficient (Wildman–Crippen LogP) is 3.83. The normalized spacial score (nSPS) is 14.6. The number of nitrogens with zero attached hydrogens (tertiary/aromatic N) is 2. The van der Waals surface area contributed by atoms with E-state index in [0.717, 1.165) is 31.1 Å². The summed E-state index contributed by atoms with van der Waals surface area (Å²) in [5, 5.41) is 10.8. The zero-order valence-electron chi connectivity index (χ0n) is 10.4. The molecule has 5 heteroatoms. The van der Waals surface area contributed by atoms with Crippen molar-refractivity contribution in [3.8, 4) is 0 Å². The van der Waals surface area contributed by atoms with E-state index in [1.807, 2.05) is 34.7 Å². The number of halogens is 1. The lowest BCUT2D eigenvalue weighted by atomic mass is 10.2. The first-order chi connectivity index (χ1) is 8.61. The maximum Gasteiger partial charge on any atom is 0.282 e. The minimum Gasteiger partial charge on any atom is -0.371 e. The third kappa shape index (κ3) is 3.34. The van der Waals surface area contributed by atoms with Gasteiger partial charge in [0.1, 0.15) is 0 Å². The molecule has 1 saturated carbocycles. The Labute approximate surface area is 121 Å². The Morgan fingerprint density at radius 2 is 2.22 bits per heavy atom. The van der Waals surface area contributed by atoms with Crippen LogP contribution in [-0.4, -0.2) is 18.0 Å². The number of hydrogen-bond acceptors (Lipinski definition) is 3. The van der Waals surface area contributed by atoms with Crippen molar-refractivity contribution in [2.75, 3.05) is 18.0 Å². The molecule has 98 valence electrons. The molecule has 0 amide bonds. The summed E-state index contributed by atoms with van der Waals surface area (Å²) in [7, 11) is 0. The Morgan fingerprint density at radius 3 is 2.72 bits per heavy atom. The molecule has 0 N–H and O–H groups in total. The van der Waals surface area contributed by atoms with Crippen LogP contribution in [0.1, 0.15) is 26.2 Å². The Balaban J connectivity index is 2.18. The van der Waals surface area contributed by atoms with Crippen LogP contribution in [0, 0.1) is 19.6 Å². The van der Waals surface area contributed by atoms with Crippen molar-refractivity contribution < 1.29 is 4.92 Å². The van der Waals surface area contributed by atoms with Crippen LogP contribution >= 0.6 is 22.6 Å². The van der Waals surface area contributed by atoms with Crippen LogP contribution < -0.4 is 4.90 Å². The number of rotatable bonds is 6. The summed E-state index contributed by atoms with van der Waals surface area (Å²) < 4.78 is 0.715. The van der Waals surface area contributed by atoms with E-state index < -0.39 is 0 Å². The lowest BCUT2D eigenvalue weighted by Gasteiger charge is -2.24. The summed E-state index contributed by atoms with van der Waals surface area (Å²) in [6.45, 7) is 4.27. The summed E-state index contributed by atoms with van der Waals surface area (Å²) in [6.07, 6.45) is 3.74.